The number of urea groups is 1. The van der Waals surface area contributed by atoms with Crippen molar-refractivity contribution in [1.29, 1.82) is 0 Å². The summed E-state index contributed by atoms with van der Waals surface area (Å²) >= 11 is 0. The number of furan rings is 1. The zero-order chi connectivity index (χ0) is 17.5. The second-order valence-electron chi connectivity index (χ2n) is 6.25. The maximum absolute atomic E-state index is 12.3. The first-order valence-corrected chi connectivity index (χ1v) is 8.65. The van der Waals surface area contributed by atoms with Gasteiger partial charge in [0.15, 0.2) is 5.76 Å². The molecule has 3 rings (SSSR count). The molecule has 6 nitrogen and oxygen atoms in total. The molecule has 2 aromatic rings. The maximum Gasteiger partial charge on any atom is 0.321 e. The van der Waals surface area contributed by atoms with Crippen molar-refractivity contribution in [2.75, 3.05) is 25.0 Å². The molecular formula is C19H23N3O3. The van der Waals surface area contributed by atoms with E-state index in [1.165, 1.54) is 6.26 Å². The van der Waals surface area contributed by atoms with E-state index in [2.05, 4.69) is 10.6 Å². The Morgan fingerprint density at radius 2 is 1.84 bits per heavy atom. The first kappa shape index (κ1) is 17.1. The van der Waals surface area contributed by atoms with E-state index in [1.807, 2.05) is 35.2 Å². The van der Waals surface area contributed by atoms with Crippen LogP contribution in [0.4, 0.5) is 10.5 Å². The first-order chi connectivity index (χ1) is 12.2. The number of benzene rings is 1. The van der Waals surface area contributed by atoms with E-state index in [0.29, 0.717) is 18.2 Å². The van der Waals surface area contributed by atoms with Gasteiger partial charge in [-0.05, 0) is 49.4 Å². The summed E-state index contributed by atoms with van der Waals surface area (Å²) in [7, 11) is 0. The van der Waals surface area contributed by atoms with E-state index in [0.717, 1.165) is 38.0 Å². The minimum absolute atomic E-state index is 0.0456. The summed E-state index contributed by atoms with van der Waals surface area (Å²) in [5.74, 6) is 0.690. The Morgan fingerprint density at radius 3 is 2.52 bits per heavy atom. The Kier molecular flexibility index (Phi) is 5.72. The molecule has 1 aliphatic rings. The molecule has 0 bridgehead atoms. The topological polar surface area (TPSA) is 74.6 Å². The zero-order valence-corrected chi connectivity index (χ0v) is 14.1. The molecule has 1 aromatic carbocycles. The quantitative estimate of drug-likeness (QED) is 0.876. The van der Waals surface area contributed by atoms with Gasteiger partial charge < -0.3 is 20.0 Å². The maximum atomic E-state index is 12.3. The summed E-state index contributed by atoms with van der Waals surface area (Å²) in [6.07, 6.45) is 4.32. The van der Waals surface area contributed by atoms with Gasteiger partial charge in [-0.2, -0.15) is 0 Å². The van der Waals surface area contributed by atoms with Crippen LogP contribution in [-0.4, -0.2) is 36.5 Å². The van der Waals surface area contributed by atoms with Crippen molar-refractivity contribution in [2.45, 2.75) is 19.3 Å². The predicted octanol–water partition coefficient (Wildman–Crippen LogP) is 3.34. The SMILES string of the molecule is O=C(NCCC1CCN(C(=O)Nc2ccccc2)CC1)c1ccco1. The molecule has 0 unspecified atom stereocenters. The lowest BCUT2D eigenvalue weighted by atomic mass is 9.94. The standard InChI is InChI=1S/C19H23N3O3/c23-18(17-7-4-14-25-17)20-11-8-15-9-12-22(13-10-15)19(24)21-16-5-2-1-3-6-16/h1-7,14-15H,8-13H2,(H,20,23)(H,21,24). The Labute approximate surface area is 147 Å². The van der Waals surface area contributed by atoms with Crippen LogP contribution in [0, 0.1) is 5.92 Å². The van der Waals surface area contributed by atoms with Crippen LogP contribution < -0.4 is 10.6 Å². The monoisotopic (exact) mass is 341 g/mol. The molecular weight excluding hydrogens is 318 g/mol. The van der Waals surface area contributed by atoms with Gasteiger partial charge in [0.25, 0.3) is 5.91 Å². The molecule has 0 radical (unpaired) electrons. The number of piperidine rings is 1. The van der Waals surface area contributed by atoms with Crippen LogP contribution in [0.5, 0.6) is 0 Å². The third kappa shape index (κ3) is 4.86. The van der Waals surface area contributed by atoms with Crippen molar-refractivity contribution < 1.29 is 14.0 Å². The number of nitrogens with zero attached hydrogens (tertiary/aromatic N) is 1. The van der Waals surface area contributed by atoms with Crippen molar-refractivity contribution >= 4 is 17.6 Å². The van der Waals surface area contributed by atoms with Crippen molar-refractivity contribution in [1.82, 2.24) is 10.2 Å². The molecule has 0 atom stereocenters. The fourth-order valence-corrected chi connectivity index (χ4v) is 3.03. The molecule has 0 saturated carbocycles. The zero-order valence-electron chi connectivity index (χ0n) is 14.1. The Morgan fingerprint density at radius 1 is 1.08 bits per heavy atom. The lowest BCUT2D eigenvalue weighted by Gasteiger charge is -2.32. The number of nitrogens with one attached hydrogen (secondary N) is 2. The van der Waals surface area contributed by atoms with Gasteiger partial charge in [-0.1, -0.05) is 18.2 Å². The minimum atomic E-state index is -0.176. The van der Waals surface area contributed by atoms with Crippen molar-refractivity contribution in [3.8, 4) is 0 Å². The average Bonchev–Trinajstić information content (AvgIpc) is 3.18. The molecule has 1 aliphatic heterocycles. The van der Waals surface area contributed by atoms with Crippen LogP contribution in [0.3, 0.4) is 0 Å². The van der Waals surface area contributed by atoms with Gasteiger partial charge in [-0.25, -0.2) is 4.79 Å². The summed E-state index contributed by atoms with van der Waals surface area (Å²) < 4.78 is 5.06. The number of amides is 3. The molecule has 3 amide bonds. The van der Waals surface area contributed by atoms with E-state index in [4.69, 9.17) is 4.42 Å². The fourth-order valence-electron chi connectivity index (χ4n) is 3.03. The van der Waals surface area contributed by atoms with Gasteiger partial charge in [-0.15, -0.1) is 0 Å². The third-order valence-electron chi connectivity index (χ3n) is 4.51. The van der Waals surface area contributed by atoms with Crippen LogP contribution >= 0.6 is 0 Å². The lowest BCUT2D eigenvalue weighted by molar-refractivity contribution is 0.0922. The smallest absolute Gasteiger partial charge is 0.321 e. The second kappa shape index (κ2) is 8.37. The summed E-state index contributed by atoms with van der Waals surface area (Å²) in [4.78, 5) is 25.9. The molecule has 6 heteroatoms. The van der Waals surface area contributed by atoms with Crippen LogP contribution in [0.1, 0.15) is 29.8 Å². The fraction of sp³-hybridized carbons (Fsp3) is 0.368. The van der Waals surface area contributed by atoms with Gasteiger partial charge >= 0.3 is 6.03 Å². The number of anilines is 1. The molecule has 0 spiro atoms. The molecule has 2 N–H and O–H groups in total. The molecule has 0 aliphatic carbocycles. The number of hydrogen-bond acceptors (Lipinski definition) is 3. The van der Waals surface area contributed by atoms with E-state index < -0.39 is 0 Å². The van der Waals surface area contributed by atoms with E-state index in [9.17, 15) is 9.59 Å². The molecule has 2 heterocycles. The Bertz CT molecular complexity index is 677. The first-order valence-electron chi connectivity index (χ1n) is 8.65. The molecule has 1 saturated heterocycles. The minimum Gasteiger partial charge on any atom is -0.459 e. The van der Waals surface area contributed by atoms with E-state index >= 15 is 0 Å². The lowest BCUT2D eigenvalue weighted by Crippen LogP contribution is -2.41. The number of rotatable bonds is 5. The summed E-state index contributed by atoms with van der Waals surface area (Å²) in [5.41, 5.74) is 0.815. The second-order valence-corrected chi connectivity index (χ2v) is 6.25. The van der Waals surface area contributed by atoms with Crippen molar-refractivity contribution in [3.05, 3.63) is 54.5 Å². The Balaban J connectivity index is 1.35. The van der Waals surface area contributed by atoms with Crippen LogP contribution in [0.15, 0.2) is 53.1 Å². The van der Waals surface area contributed by atoms with Gasteiger partial charge in [-0.3, -0.25) is 4.79 Å². The number of likely N-dealkylation sites (tertiary alicyclic amines) is 1. The number of para-hydroxylation sites is 1. The third-order valence-corrected chi connectivity index (χ3v) is 4.51. The summed E-state index contributed by atoms with van der Waals surface area (Å²) in [5, 5.41) is 5.79. The number of carbonyl (C=O) groups excluding carboxylic acids is 2. The van der Waals surface area contributed by atoms with Crippen LogP contribution in [0.25, 0.3) is 0 Å². The highest BCUT2D eigenvalue weighted by molar-refractivity contribution is 5.91. The molecule has 132 valence electrons. The normalized spacial score (nSPS) is 15.0. The van der Waals surface area contributed by atoms with E-state index in [1.54, 1.807) is 12.1 Å². The van der Waals surface area contributed by atoms with Gasteiger partial charge in [0.1, 0.15) is 0 Å². The van der Waals surface area contributed by atoms with E-state index in [-0.39, 0.29) is 11.9 Å². The van der Waals surface area contributed by atoms with Crippen molar-refractivity contribution in [3.63, 3.8) is 0 Å². The number of hydrogen-bond donors (Lipinski definition) is 2. The average molecular weight is 341 g/mol. The highest BCUT2D eigenvalue weighted by Crippen LogP contribution is 2.21. The Hall–Kier alpha value is -2.76. The highest BCUT2D eigenvalue weighted by Gasteiger charge is 2.22. The van der Waals surface area contributed by atoms with Crippen LogP contribution in [-0.2, 0) is 0 Å². The largest absolute Gasteiger partial charge is 0.459 e. The molecule has 25 heavy (non-hydrogen) atoms. The highest BCUT2D eigenvalue weighted by atomic mass is 16.3. The molecule has 1 aromatic heterocycles. The summed E-state index contributed by atoms with van der Waals surface area (Å²) in [6.45, 7) is 2.12. The van der Waals surface area contributed by atoms with Crippen molar-refractivity contribution in [2.24, 2.45) is 5.92 Å². The van der Waals surface area contributed by atoms with Gasteiger partial charge in [0.2, 0.25) is 0 Å². The molecule has 1 fully saturated rings. The van der Waals surface area contributed by atoms with Gasteiger partial charge in [0, 0.05) is 25.3 Å². The van der Waals surface area contributed by atoms with Crippen LogP contribution in [0.2, 0.25) is 0 Å². The van der Waals surface area contributed by atoms with Gasteiger partial charge in [0.05, 0.1) is 6.26 Å². The predicted molar refractivity (Wildman–Crippen MR) is 95.4 cm³/mol. The number of carbonyl (C=O) groups is 2. The summed E-state index contributed by atoms with van der Waals surface area (Å²) in [6, 6.07) is 12.8.